The summed E-state index contributed by atoms with van der Waals surface area (Å²) in [7, 11) is 4.33. The maximum atomic E-state index is 3.64. The molecule has 2 nitrogen and oxygen atoms in total. The first-order valence-corrected chi connectivity index (χ1v) is 8.09. The van der Waals surface area contributed by atoms with E-state index in [4.69, 9.17) is 0 Å². The molecule has 2 atom stereocenters. The zero-order valence-electron chi connectivity index (χ0n) is 13.2. The van der Waals surface area contributed by atoms with E-state index in [0.29, 0.717) is 11.8 Å². The average Bonchev–Trinajstić information content (AvgIpc) is 2.65. The molecule has 1 aliphatic heterocycles. The molecule has 1 N–H and O–H groups in total. The molecule has 0 amide bonds. The number of benzene rings is 1. The molecule has 0 radical (unpaired) electrons. The molecule has 21 heavy (non-hydrogen) atoms. The second-order valence-electron chi connectivity index (χ2n) is 6.50. The Kier molecular flexibility index (Phi) is 4.45. The highest BCUT2D eigenvalue weighted by Crippen LogP contribution is 2.43. The molecule has 0 bridgehead atoms. The Morgan fingerprint density at radius 1 is 1.24 bits per heavy atom. The standard InChI is InChI=1S/C19H26N2/c1-21(2)13-7-11-17-16-9-4-3-8-15(16)14-20-19-12-6-5-10-18(17)19/h3-6,8,10,12,16-17,20H,7,9,11,13-14H2,1-2H3. The number of allylic oxidation sites excluding steroid dienone is 3. The van der Waals surface area contributed by atoms with Crippen molar-refractivity contribution in [1.29, 1.82) is 0 Å². The third-order valence-corrected chi connectivity index (χ3v) is 4.76. The molecule has 1 heterocycles. The Hall–Kier alpha value is -1.54. The molecule has 1 aromatic carbocycles. The van der Waals surface area contributed by atoms with Gasteiger partial charge in [0, 0.05) is 12.2 Å². The highest BCUT2D eigenvalue weighted by Gasteiger charge is 2.30. The second-order valence-corrected chi connectivity index (χ2v) is 6.50. The maximum absolute atomic E-state index is 3.64. The third kappa shape index (κ3) is 3.21. The van der Waals surface area contributed by atoms with Crippen LogP contribution in [-0.4, -0.2) is 32.1 Å². The molecule has 0 spiro atoms. The predicted molar refractivity (Wildman–Crippen MR) is 90.8 cm³/mol. The summed E-state index contributed by atoms with van der Waals surface area (Å²) in [6, 6.07) is 8.89. The molecule has 1 aliphatic carbocycles. The molecular weight excluding hydrogens is 256 g/mol. The number of hydrogen-bond acceptors (Lipinski definition) is 2. The summed E-state index contributed by atoms with van der Waals surface area (Å²) in [5.74, 6) is 1.32. The van der Waals surface area contributed by atoms with E-state index in [9.17, 15) is 0 Å². The minimum absolute atomic E-state index is 0.646. The van der Waals surface area contributed by atoms with Crippen molar-refractivity contribution in [2.45, 2.75) is 25.2 Å². The van der Waals surface area contributed by atoms with E-state index in [1.165, 1.54) is 37.1 Å². The van der Waals surface area contributed by atoms with Gasteiger partial charge in [-0.15, -0.1) is 0 Å². The summed E-state index contributed by atoms with van der Waals surface area (Å²) in [6.07, 6.45) is 10.6. The number of nitrogens with zero attached hydrogens (tertiary/aromatic N) is 1. The minimum Gasteiger partial charge on any atom is -0.381 e. The van der Waals surface area contributed by atoms with Crippen LogP contribution in [-0.2, 0) is 0 Å². The van der Waals surface area contributed by atoms with Crippen LogP contribution in [0.15, 0.2) is 48.1 Å². The van der Waals surface area contributed by atoms with E-state index in [-0.39, 0.29) is 0 Å². The van der Waals surface area contributed by atoms with Crippen LogP contribution in [0.3, 0.4) is 0 Å². The highest BCUT2D eigenvalue weighted by molar-refractivity contribution is 5.56. The van der Waals surface area contributed by atoms with Gasteiger partial charge in [-0.3, -0.25) is 0 Å². The summed E-state index contributed by atoms with van der Waals surface area (Å²) in [5, 5.41) is 3.64. The maximum Gasteiger partial charge on any atom is 0.0378 e. The topological polar surface area (TPSA) is 15.3 Å². The van der Waals surface area contributed by atoms with Gasteiger partial charge in [-0.05, 0) is 68.9 Å². The summed E-state index contributed by atoms with van der Waals surface area (Å²) in [5.41, 5.74) is 4.42. The molecule has 0 saturated heterocycles. The van der Waals surface area contributed by atoms with Crippen LogP contribution in [0, 0.1) is 5.92 Å². The minimum atomic E-state index is 0.646. The number of para-hydroxylation sites is 1. The van der Waals surface area contributed by atoms with E-state index in [1.54, 1.807) is 5.57 Å². The van der Waals surface area contributed by atoms with Crippen LogP contribution >= 0.6 is 0 Å². The fourth-order valence-corrected chi connectivity index (χ4v) is 3.68. The molecule has 0 saturated carbocycles. The Morgan fingerprint density at radius 2 is 2.10 bits per heavy atom. The number of fused-ring (bicyclic) bond motifs is 2. The number of hydrogen-bond donors (Lipinski definition) is 1. The van der Waals surface area contributed by atoms with Crippen LogP contribution in [0.5, 0.6) is 0 Å². The third-order valence-electron chi connectivity index (χ3n) is 4.76. The SMILES string of the molecule is CN(C)CCCC1c2ccccc2NCC2=CC=CCC21. The van der Waals surface area contributed by atoms with Crippen LogP contribution in [0.25, 0.3) is 0 Å². The first-order chi connectivity index (χ1) is 10.3. The fraction of sp³-hybridized carbons (Fsp3) is 0.474. The molecule has 0 fully saturated rings. The summed E-state index contributed by atoms with van der Waals surface area (Å²) < 4.78 is 0. The summed E-state index contributed by atoms with van der Waals surface area (Å²) in [6.45, 7) is 2.17. The lowest BCUT2D eigenvalue weighted by Crippen LogP contribution is -2.19. The average molecular weight is 282 g/mol. The van der Waals surface area contributed by atoms with Gasteiger partial charge in [0.05, 0.1) is 0 Å². The number of rotatable bonds is 4. The van der Waals surface area contributed by atoms with Crippen LogP contribution in [0.2, 0.25) is 0 Å². The lowest BCUT2D eigenvalue weighted by atomic mass is 9.76. The van der Waals surface area contributed by atoms with Crippen molar-refractivity contribution in [2.75, 3.05) is 32.5 Å². The molecule has 3 rings (SSSR count). The summed E-state index contributed by atoms with van der Waals surface area (Å²) in [4.78, 5) is 2.29. The first kappa shape index (κ1) is 14.4. The van der Waals surface area contributed by atoms with Gasteiger partial charge in [0.1, 0.15) is 0 Å². The van der Waals surface area contributed by atoms with E-state index in [2.05, 4.69) is 66.8 Å². The molecule has 1 aromatic rings. The van der Waals surface area contributed by atoms with Gasteiger partial charge in [-0.2, -0.15) is 0 Å². The summed E-state index contributed by atoms with van der Waals surface area (Å²) >= 11 is 0. The molecular formula is C19H26N2. The zero-order valence-corrected chi connectivity index (χ0v) is 13.2. The van der Waals surface area contributed by atoms with Crippen molar-refractivity contribution in [3.05, 3.63) is 53.6 Å². The fourth-order valence-electron chi connectivity index (χ4n) is 3.68. The van der Waals surface area contributed by atoms with Gasteiger partial charge in [0.25, 0.3) is 0 Å². The number of anilines is 1. The largest absolute Gasteiger partial charge is 0.381 e. The Morgan fingerprint density at radius 3 is 2.95 bits per heavy atom. The molecule has 0 aromatic heterocycles. The Balaban J connectivity index is 1.87. The predicted octanol–water partition coefficient (Wildman–Crippen LogP) is 4.04. The quantitative estimate of drug-likeness (QED) is 0.896. The van der Waals surface area contributed by atoms with Crippen molar-refractivity contribution in [1.82, 2.24) is 4.90 Å². The van der Waals surface area contributed by atoms with Crippen LogP contribution in [0.4, 0.5) is 5.69 Å². The molecule has 112 valence electrons. The van der Waals surface area contributed by atoms with Crippen molar-refractivity contribution in [3.8, 4) is 0 Å². The van der Waals surface area contributed by atoms with Gasteiger partial charge in [0.15, 0.2) is 0 Å². The lowest BCUT2D eigenvalue weighted by molar-refractivity contribution is 0.365. The van der Waals surface area contributed by atoms with E-state index < -0.39 is 0 Å². The van der Waals surface area contributed by atoms with Gasteiger partial charge < -0.3 is 10.2 Å². The monoisotopic (exact) mass is 282 g/mol. The normalized spacial score (nSPS) is 23.9. The Labute approximate surface area is 128 Å². The van der Waals surface area contributed by atoms with Gasteiger partial charge in [-0.25, -0.2) is 0 Å². The van der Waals surface area contributed by atoms with Crippen LogP contribution in [0.1, 0.15) is 30.7 Å². The lowest BCUT2D eigenvalue weighted by Gasteiger charge is -2.29. The van der Waals surface area contributed by atoms with Crippen molar-refractivity contribution < 1.29 is 0 Å². The number of nitrogens with one attached hydrogen (secondary N) is 1. The van der Waals surface area contributed by atoms with Gasteiger partial charge in [-0.1, -0.05) is 36.4 Å². The van der Waals surface area contributed by atoms with Crippen molar-refractivity contribution in [3.63, 3.8) is 0 Å². The van der Waals surface area contributed by atoms with Crippen molar-refractivity contribution >= 4 is 5.69 Å². The van der Waals surface area contributed by atoms with E-state index in [1.807, 2.05) is 0 Å². The van der Waals surface area contributed by atoms with E-state index >= 15 is 0 Å². The van der Waals surface area contributed by atoms with Crippen LogP contribution < -0.4 is 5.32 Å². The first-order valence-electron chi connectivity index (χ1n) is 8.09. The zero-order chi connectivity index (χ0) is 14.7. The molecule has 2 heteroatoms. The van der Waals surface area contributed by atoms with Gasteiger partial charge in [0.2, 0.25) is 0 Å². The molecule has 2 aliphatic rings. The van der Waals surface area contributed by atoms with E-state index in [0.717, 1.165) is 6.54 Å². The van der Waals surface area contributed by atoms with Crippen molar-refractivity contribution in [2.24, 2.45) is 5.92 Å². The van der Waals surface area contributed by atoms with Gasteiger partial charge >= 0.3 is 0 Å². The second kappa shape index (κ2) is 6.48. The smallest absolute Gasteiger partial charge is 0.0378 e. The Bertz CT molecular complexity index is 542. The highest BCUT2D eigenvalue weighted by atomic mass is 15.0. The molecule has 2 unspecified atom stereocenters.